The molecule has 0 heterocycles. The van der Waals surface area contributed by atoms with Gasteiger partial charge in [0.25, 0.3) is 0 Å². The minimum absolute atomic E-state index is 1.06. The molecule has 0 bridgehead atoms. The van der Waals surface area contributed by atoms with E-state index in [1.165, 1.54) is 22.7 Å². The van der Waals surface area contributed by atoms with Gasteiger partial charge in [0.05, 0.1) is 0 Å². The Labute approximate surface area is 134 Å². The van der Waals surface area contributed by atoms with Crippen LogP contribution in [-0.4, -0.2) is 0 Å². The summed E-state index contributed by atoms with van der Waals surface area (Å²) in [7, 11) is 0. The fraction of sp³-hybridized carbons (Fsp3) is 0.238. The summed E-state index contributed by atoms with van der Waals surface area (Å²) < 4.78 is 0. The zero-order valence-electron chi connectivity index (χ0n) is 13.8. The summed E-state index contributed by atoms with van der Waals surface area (Å²) in [5.41, 5.74) is 4.93. The second kappa shape index (κ2) is 8.23. The summed E-state index contributed by atoms with van der Waals surface area (Å²) in [6.45, 7) is 6.31. The van der Waals surface area contributed by atoms with Crippen LogP contribution < -0.4 is 4.90 Å². The Bertz CT molecular complexity index is 627. The van der Waals surface area contributed by atoms with Crippen molar-refractivity contribution in [2.24, 2.45) is 0 Å². The lowest BCUT2D eigenvalue weighted by molar-refractivity contribution is 1.00. The molecule has 1 aliphatic rings. The molecule has 0 N–H and O–H groups in total. The molecule has 1 heteroatoms. The smallest absolute Gasteiger partial charge is 0.0461 e. The Hall–Kier alpha value is -2.28. The number of rotatable bonds is 4. The van der Waals surface area contributed by atoms with Crippen molar-refractivity contribution in [2.75, 3.05) is 4.90 Å². The quantitative estimate of drug-likeness (QED) is 0.601. The molecule has 0 unspecified atom stereocenters. The highest BCUT2D eigenvalue weighted by molar-refractivity contribution is 5.62. The average Bonchev–Trinajstić information content (AvgIpc) is 2.53. The third-order valence-corrected chi connectivity index (χ3v) is 3.67. The van der Waals surface area contributed by atoms with Crippen LogP contribution in [0, 0.1) is 0 Å². The zero-order chi connectivity index (χ0) is 15.8. The van der Waals surface area contributed by atoms with Crippen LogP contribution in [0.25, 0.3) is 0 Å². The molecule has 0 atom stereocenters. The molecule has 0 spiro atoms. The van der Waals surface area contributed by atoms with Crippen LogP contribution in [0.1, 0.15) is 33.6 Å². The van der Waals surface area contributed by atoms with Crippen LogP contribution in [0.2, 0.25) is 0 Å². The van der Waals surface area contributed by atoms with E-state index in [-0.39, 0.29) is 0 Å². The standard InChI is InChI=1S/C21H25N/c1-4-11-19(5-2)22(20-13-7-6-8-14-20)21-15-10-9-12-18(3)16-17-21/h4-8,11-17H,9-10H2,1-3H3/b11-4-,17-16-,18-12+,19-5+,21-15+. The largest absolute Gasteiger partial charge is 0.311 e. The van der Waals surface area contributed by atoms with E-state index in [1.807, 2.05) is 0 Å². The SMILES string of the molecule is C/C=C\C(=C/C)N(C1=C/CC/C=C(C)/C=C\1)c1ccccc1. The highest BCUT2D eigenvalue weighted by atomic mass is 15.1. The Morgan fingerprint density at radius 2 is 1.73 bits per heavy atom. The van der Waals surface area contributed by atoms with Crippen LogP contribution in [0.3, 0.4) is 0 Å². The van der Waals surface area contributed by atoms with Crippen LogP contribution in [0.15, 0.2) is 89.8 Å². The monoisotopic (exact) mass is 291 g/mol. The van der Waals surface area contributed by atoms with Crippen molar-refractivity contribution in [1.82, 2.24) is 0 Å². The van der Waals surface area contributed by atoms with E-state index in [1.54, 1.807) is 0 Å². The van der Waals surface area contributed by atoms with Crippen LogP contribution >= 0.6 is 0 Å². The van der Waals surface area contributed by atoms with Crippen molar-refractivity contribution < 1.29 is 0 Å². The molecule has 22 heavy (non-hydrogen) atoms. The fourth-order valence-corrected chi connectivity index (χ4v) is 2.56. The zero-order valence-corrected chi connectivity index (χ0v) is 13.8. The van der Waals surface area contributed by atoms with E-state index in [0.717, 1.165) is 12.8 Å². The summed E-state index contributed by atoms with van der Waals surface area (Å²) in [5.74, 6) is 0. The van der Waals surface area contributed by atoms with E-state index in [9.17, 15) is 0 Å². The van der Waals surface area contributed by atoms with Gasteiger partial charge in [-0.3, -0.25) is 0 Å². The molecule has 1 aromatic carbocycles. The predicted molar refractivity (Wildman–Crippen MR) is 97.7 cm³/mol. The predicted octanol–water partition coefficient (Wildman–Crippen LogP) is 6.15. The van der Waals surface area contributed by atoms with Crippen molar-refractivity contribution in [1.29, 1.82) is 0 Å². The first-order valence-corrected chi connectivity index (χ1v) is 7.95. The van der Waals surface area contributed by atoms with Crippen LogP contribution in [0.4, 0.5) is 5.69 Å². The molecule has 0 saturated heterocycles. The maximum Gasteiger partial charge on any atom is 0.0461 e. The Balaban J connectivity index is 2.49. The highest BCUT2D eigenvalue weighted by Gasteiger charge is 2.13. The molecule has 1 aromatic rings. The molecule has 0 aliphatic heterocycles. The Morgan fingerprint density at radius 1 is 1.00 bits per heavy atom. The van der Waals surface area contributed by atoms with Gasteiger partial charge < -0.3 is 4.90 Å². The number of anilines is 1. The molecule has 1 aliphatic carbocycles. The molecule has 114 valence electrons. The van der Waals surface area contributed by atoms with Gasteiger partial charge in [0.2, 0.25) is 0 Å². The summed E-state index contributed by atoms with van der Waals surface area (Å²) in [6, 6.07) is 10.5. The Kier molecular flexibility index (Phi) is 6.02. The van der Waals surface area contributed by atoms with Gasteiger partial charge in [-0.05, 0) is 57.9 Å². The van der Waals surface area contributed by atoms with Crippen molar-refractivity contribution in [3.8, 4) is 0 Å². The number of hydrogen-bond acceptors (Lipinski definition) is 1. The second-order valence-corrected chi connectivity index (χ2v) is 5.37. The molecule has 2 rings (SSSR count). The fourth-order valence-electron chi connectivity index (χ4n) is 2.56. The summed E-state index contributed by atoms with van der Waals surface area (Å²) >= 11 is 0. The van der Waals surface area contributed by atoms with Crippen molar-refractivity contribution >= 4 is 5.69 Å². The Morgan fingerprint density at radius 3 is 2.41 bits per heavy atom. The molecular formula is C21H25N. The maximum absolute atomic E-state index is 2.32. The normalized spacial score (nSPS) is 22.2. The first kappa shape index (κ1) is 16.1. The van der Waals surface area contributed by atoms with Gasteiger partial charge in [-0.15, -0.1) is 0 Å². The van der Waals surface area contributed by atoms with E-state index >= 15 is 0 Å². The number of para-hydroxylation sites is 1. The third kappa shape index (κ3) is 4.11. The van der Waals surface area contributed by atoms with E-state index in [0.29, 0.717) is 0 Å². The minimum atomic E-state index is 1.06. The summed E-state index contributed by atoms with van der Waals surface area (Å²) in [6.07, 6.45) is 17.6. The molecule has 0 aromatic heterocycles. The molecular weight excluding hydrogens is 266 g/mol. The van der Waals surface area contributed by atoms with Gasteiger partial charge in [0, 0.05) is 17.1 Å². The average molecular weight is 291 g/mol. The number of benzene rings is 1. The van der Waals surface area contributed by atoms with Gasteiger partial charge in [0.15, 0.2) is 0 Å². The van der Waals surface area contributed by atoms with E-state index < -0.39 is 0 Å². The van der Waals surface area contributed by atoms with Gasteiger partial charge in [0.1, 0.15) is 0 Å². The van der Waals surface area contributed by atoms with Gasteiger partial charge >= 0.3 is 0 Å². The topological polar surface area (TPSA) is 3.24 Å². The number of allylic oxidation sites excluding steroid dienone is 8. The minimum Gasteiger partial charge on any atom is -0.311 e. The molecule has 1 nitrogen and oxygen atoms in total. The molecule has 0 radical (unpaired) electrons. The van der Waals surface area contributed by atoms with E-state index in [2.05, 4.69) is 98.5 Å². The maximum atomic E-state index is 2.32. The van der Waals surface area contributed by atoms with Gasteiger partial charge in [-0.1, -0.05) is 54.2 Å². The lowest BCUT2D eigenvalue weighted by Crippen LogP contribution is -2.20. The molecule has 0 fully saturated rings. The number of hydrogen-bond donors (Lipinski definition) is 0. The second-order valence-electron chi connectivity index (χ2n) is 5.37. The summed E-state index contributed by atoms with van der Waals surface area (Å²) in [4.78, 5) is 2.31. The van der Waals surface area contributed by atoms with Crippen molar-refractivity contribution in [2.45, 2.75) is 33.6 Å². The lowest BCUT2D eigenvalue weighted by Gasteiger charge is -2.28. The van der Waals surface area contributed by atoms with Crippen LogP contribution in [-0.2, 0) is 0 Å². The van der Waals surface area contributed by atoms with Gasteiger partial charge in [-0.2, -0.15) is 0 Å². The number of nitrogens with zero attached hydrogens (tertiary/aromatic N) is 1. The highest BCUT2D eigenvalue weighted by Crippen LogP contribution is 2.27. The summed E-state index contributed by atoms with van der Waals surface area (Å²) in [5, 5.41) is 0. The van der Waals surface area contributed by atoms with Gasteiger partial charge in [-0.25, -0.2) is 0 Å². The van der Waals surface area contributed by atoms with Crippen molar-refractivity contribution in [3.05, 3.63) is 89.8 Å². The van der Waals surface area contributed by atoms with Crippen molar-refractivity contribution in [3.63, 3.8) is 0 Å². The van der Waals surface area contributed by atoms with Crippen LogP contribution in [0.5, 0.6) is 0 Å². The first-order chi connectivity index (χ1) is 10.8. The van der Waals surface area contributed by atoms with E-state index in [4.69, 9.17) is 0 Å². The molecule has 0 saturated carbocycles. The third-order valence-electron chi connectivity index (χ3n) is 3.67. The molecule has 0 amide bonds. The lowest BCUT2D eigenvalue weighted by atomic mass is 10.1. The first-order valence-electron chi connectivity index (χ1n) is 7.95.